The molecule has 6 nitrogen and oxygen atoms in total. The molecule has 24 heavy (non-hydrogen) atoms. The molecule has 0 aliphatic rings. The van der Waals surface area contributed by atoms with E-state index in [2.05, 4.69) is 10.3 Å². The molecule has 0 saturated carbocycles. The highest BCUT2D eigenvalue weighted by Gasteiger charge is 2.40. The number of aromatic nitrogens is 2. The minimum absolute atomic E-state index is 0.250. The van der Waals surface area contributed by atoms with E-state index >= 15 is 0 Å². The molecule has 9 heteroatoms. The molecular weight excluding hydrogens is 325 g/mol. The Morgan fingerprint density at radius 2 is 1.83 bits per heavy atom. The third-order valence-electron chi connectivity index (χ3n) is 3.21. The lowest BCUT2D eigenvalue weighted by molar-refractivity contribution is -0.174. The molecule has 1 atom stereocenters. The number of aryl methyl sites for hydroxylation is 1. The van der Waals surface area contributed by atoms with Crippen LogP contribution in [0.15, 0.2) is 36.7 Å². The zero-order valence-corrected chi connectivity index (χ0v) is 12.9. The van der Waals surface area contributed by atoms with Gasteiger partial charge in [0.1, 0.15) is 11.9 Å². The van der Waals surface area contributed by atoms with Crippen molar-refractivity contribution in [2.45, 2.75) is 19.1 Å². The van der Waals surface area contributed by atoms with Gasteiger partial charge in [0.05, 0.1) is 0 Å². The lowest BCUT2D eigenvalue weighted by atomic mass is 10.1. The van der Waals surface area contributed by atoms with E-state index in [4.69, 9.17) is 0 Å². The van der Waals surface area contributed by atoms with Crippen LogP contribution >= 0.6 is 0 Å². The Hall–Kier alpha value is -2.84. The van der Waals surface area contributed by atoms with E-state index in [1.54, 1.807) is 13.2 Å². The van der Waals surface area contributed by atoms with Crippen molar-refractivity contribution in [3.05, 3.63) is 48.0 Å². The molecule has 0 fully saturated rings. The van der Waals surface area contributed by atoms with Crippen LogP contribution in [0.5, 0.6) is 0 Å². The monoisotopic (exact) mass is 340 g/mol. The van der Waals surface area contributed by atoms with Crippen molar-refractivity contribution in [2.75, 3.05) is 5.32 Å². The third-order valence-corrected chi connectivity index (χ3v) is 3.21. The van der Waals surface area contributed by atoms with Crippen LogP contribution in [0.1, 0.15) is 24.4 Å². The summed E-state index contributed by atoms with van der Waals surface area (Å²) < 4.78 is 39.3. The Bertz CT molecular complexity index is 738. The van der Waals surface area contributed by atoms with Crippen LogP contribution < -0.4 is 10.6 Å². The fourth-order valence-electron chi connectivity index (χ4n) is 2.13. The van der Waals surface area contributed by atoms with Crippen LogP contribution in [0.3, 0.4) is 0 Å². The summed E-state index contributed by atoms with van der Waals surface area (Å²) in [4.78, 5) is 26.4. The van der Waals surface area contributed by atoms with E-state index in [0.29, 0.717) is 11.3 Å². The highest BCUT2D eigenvalue weighted by atomic mass is 19.4. The van der Waals surface area contributed by atoms with E-state index < -0.39 is 18.1 Å². The largest absolute Gasteiger partial charge is 0.471 e. The molecule has 1 heterocycles. The van der Waals surface area contributed by atoms with Gasteiger partial charge in [0, 0.05) is 32.1 Å². The summed E-state index contributed by atoms with van der Waals surface area (Å²) >= 11 is 0. The fraction of sp³-hybridized carbons (Fsp3) is 0.267. The van der Waals surface area contributed by atoms with E-state index in [-0.39, 0.29) is 11.7 Å². The molecule has 0 radical (unpaired) electrons. The summed E-state index contributed by atoms with van der Waals surface area (Å²) in [5.74, 6) is -2.07. The molecule has 2 aromatic rings. The summed E-state index contributed by atoms with van der Waals surface area (Å²) in [6, 6.07) is 5.02. The minimum atomic E-state index is -5.00. The number of hydrogen-bond acceptors (Lipinski definition) is 3. The first kappa shape index (κ1) is 17.5. The number of nitrogens with one attached hydrogen (secondary N) is 2. The first-order valence-electron chi connectivity index (χ1n) is 6.91. The summed E-state index contributed by atoms with van der Waals surface area (Å²) in [5, 5.41) is 4.50. The van der Waals surface area contributed by atoms with Gasteiger partial charge >= 0.3 is 12.1 Å². The second-order valence-electron chi connectivity index (χ2n) is 5.10. The number of halogens is 3. The number of carbonyl (C=O) groups excluding carboxylic acids is 2. The van der Waals surface area contributed by atoms with Crippen LogP contribution in [0.25, 0.3) is 0 Å². The van der Waals surface area contributed by atoms with Crippen LogP contribution in [0, 0.1) is 0 Å². The summed E-state index contributed by atoms with van der Waals surface area (Å²) in [7, 11) is 1.61. The predicted octanol–water partition coefficient (Wildman–Crippen LogP) is 2.15. The standard InChI is InChI=1S/C15H15F3N4O2/c1-9(23)20-11-5-3-10(4-6-11)12(13-19-7-8-22(13)2)21-14(24)15(16,17)18/h3-8,12H,1-2H3,(H,20,23)(H,21,24). The maximum absolute atomic E-state index is 12.6. The summed E-state index contributed by atoms with van der Waals surface area (Å²) in [6.07, 6.45) is -2.01. The van der Waals surface area contributed by atoms with Crippen molar-refractivity contribution in [3.63, 3.8) is 0 Å². The lowest BCUT2D eigenvalue weighted by Gasteiger charge is -2.20. The number of alkyl halides is 3. The Morgan fingerprint density at radius 1 is 1.21 bits per heavy atom. The summed E-state index contributed by atoms with van der Waals surface area (Å²) in [6.45, 7) is 1.34. The predicted molar refractivity (Wildman–Crippen MR) is 80.0 cm³/mol. The van der Waals surface area contributed by atoms with E-state index in [9.17, 15) is 22.8 Å². The number of carbonyl (C=O) groups is 2. The van der Waals surface area contributed by atoms with Gasteiger partial charge in [0.25, 0.3) is 0 Å². The quantitative estimate of drug-likeness (QED) is 0.895. The average molecular weight is 340 g/mol. The van der Waals surface area contributed by atoms with E-state index in [1.807, 2.05) is 5.32 Å². The van der Waals surface area contributed by atoms with Crippen LogP contribution in [0.2, 0.25) is 0 Å². The van der Waals surface area contributed by atoms with Crippen LogP contribution in [-0.4, -0.2) is 27.5 Å². The zero-order valence-electron chi connectivity index (χ0n) is 12.9. The third kappa shape index (κ3) is 4.12. The van der Waals surface area contributed by atoms with Gasteiger partial charge in [-0.2, -0.15) is 13.2 Å². The van der Waals surface area contributed by atoms with Gasteiger partial charge in [-0.1, -0.05) is 12.1 Å². The maximum atomic E-state index is 12.6. The Morgan fingerprint density at radius 3 is 2.29 bits per heavy atom. The van der Waals surface area contributed by atoms with E-state index in [0.717, 1.165) is 0 Å². The average Bonchev–Trinajstić information content (AvgIpc) is 2.90. The van der Waals surface area contributed by atoms with Crippen molar-refractivity contribution in [1.29, 1.82) is 0 Å². The van der Waals surface area contributed by atoms with Gasteiger partial charge in [-0.25, -0.2) is 4.98 Å². The maximum Gasteiger partial charge on any atom is 0.471 e. The number of imidazole rings is 1. The molecule has 0 bridgehead atoms. The molecule has 128 valence electrons. The van der Waals surface area contributed by atoms with Crippen molar-refractivity contribution in [3.8, 4) is 0 Å². The van der Waals surface area contributed by atoms with Gasteiger partial charge in [-0.15, -0.1) is 0 Å². The van der Waals surface area contributed by atoms with Gasteiger partial charge in [-0.3, -0.25) is 9.59 Å². The van der Waals surface area contributed by atoms with E-state index in [1.165, 1.54) is 42.0 Å². The molecule has 1 unspecified atom stereocenters. The minimum Gasteiger partial charge on any atom is -0.336 e. The highest BCUT2D eigenvalue weighted by Crippen LogP contribution is 2.24. The molecule has 2 amide bonds. The van der Waals surface area contributed by atoms with Gasteiger partial charge in [-0.05, 0) is 17.7 Å². The topological polar surface area (TPSA) is 76.0 Å². The highest BCUT2D eigenvalue weighted by molar-refractivity contribution is 5.88. The molecule has 2 N–H and O–H groups in total. The van der Waals surface area contributed by atoms with Gasteiger partial charge in [0.15, 0.2) is 0 Å². The molecule has 0 saturated heterocycles. The van der Waals surface area contributed by atoms with Crippen molar-refractivity contribution in [1.82, 2.24) is 14.9 Å². The number of hydrogen-bond donors (Lipinski definition) is 2. The normalized spacial score (nSPS) is 12.5. The molecule has 1 aromatic carbocycles. The Kier molecular flexibility index (Phi) is 4.91. The van der Waals surface area contributed by atoms with Gasteiger partial charge in [0.2, 0.25) is 5.91 Å². The van der Waals surface area contributed by atoms with Crippen molar-refractivity contribution in [2.24, 2.45) is 7.05 Å². The Labute approximate surface area is 135 Å². The molecule has 1 aromatic heterocycles. The number of nitrogens with zero attached hydrogens (tertiary/aromatic N) is 2. The fourth-order valence-corrected chi connectivity index (χ4v) is 2.13. The first-order chi connectivity index (χ1) is 11.2. The molecule has 0 spiro atoms. The van der Waals surface area contributed by atoms with Gasteiger partial charge < -0.3 is 15.2 Å². The molecule has 0 aliphatic carbocycles. The van der Waals surface area contributed by atoms with Crippen molar-refractivity contribution >= 4 is 17.5 Å². The molecule has 0 aliphatic heterocycles. The number of anilines is 1. The first-order valence-corrected chi connectivity index (χ1v) is 6.91. The second-order valence-corrected chi connectivity index (χ2v) is 5.10. The van der Waals surface area contributed by atoms with Crippen LogP contribution in [0.4, 0.5) is 18.9 Å². The van der Waals surface area contributed by atoms with Crippen molar-refractivity contribution < 1.29 is 22.8 Å². The number of benzene rings is 1. The number of rotatable bonds is 4. The zero-order chi connectivity index (χ0) is 17.9. The number of amides is 2. The smallest absolute Gasteiger partial charge is 0.336 e. The Balaban J connectivity index is 2.34. The van der Waals surface area contributed by atoms with Crippen LogP contribution in [-0.2, 0) is 16.6 Å². The summed E-state index contributed by atoms with van der Waals surface area (Å²) in [5.41, 5.74) is 0.892. The SMILES string of the molecule is CC(=O)Nc1ccc(C(NC(=O)C(F)(F)F)c2nccn2C)cc1. The molecule has 2 rings (SSSR count). The second kappa shape index (κ2) is 6.73. The lowest BCUT2D eigenvalue weighted by Crippen LogP contribution is -2.40. The molecular formula is C15H15F3N4O2.